The van der Waals surface area contributed by atoms with Crippen LogP contribution < -0.4 is 16.6 Å². The second-order valence-electron chi connectivity index (χ2n) is 6.28. The van der Waals surface area contributed by atoms with E-state index in [1.54, 1.807) is 0 Å². The van der Waals surface area contributed by atoms with Crippen molar-refractivity contribution in [3.05, 3.63) is 17.6 Å². The fourth-order valence-corrected chi connectivity index (χ4v) is 3.83. The number of hydrogen-bond acceptors (Lipinski definition) is 8. The van der Waals surface area contributed by atoms with Gasteiger partial charge in [0.05, 0.1) is 0 Å². The number of hydrogen-bond donors (Lipinski definition) is 3. The van der Waals surface area contributed by atoms with Crippen LogP contribution in [0.25, 0.3) is 17.1 Å². The summed E-state index contributed by atoms with van der Waals surface area (Å²) < 4.78 is 66.3. The lowest BCUT2D eigenvalue weighted by atomic mass is 10.2. The molecule has 0 saturated heterocycles. The van der Waals surface area contributed by atoms with Crippen LogP contribution in [0, 0.1) is 0 Å². The molecule has 1 saturated carbocycles. The van der Waals surface area contributed by atoms with E-state index >= 15 is 0 Å². The molecule has 0 radical (unpaired) electrons. The standard InChI is InChI=1S/C14H15F3N6O3S/c15-14(16,17)27(24,25)26-10-5-8-9-6-19-13(18)20-11(9)23(12(8)22-21-10)7-3-1-2-4-7/h5-7,21-22H,1-4H2,(H2,18,19,20). The zero-order valence-corrected chi connectivity index (χ0v) is 14.6. The Bertz CT molecular complexity index is 1040. The third kappa shape index (κ3) is 2.91. The van der Waals surface area contributed by atoms with Crippen LogP contribution in [0.15, 0.2) is 12.1 Å². The van der Waals surface area contributed by atoms with Gasteiger partial charge in [-0.25, -0.2) is 4.98 Å². The van der Waals surface area contributed by atoms with Crippen molar-refractivity contribution < 1.29 is 25.8 Å². The Morgan fingerprint density at radius 3 is 2.63 bits per heavy atom. The molecule has 2 aromatic heterocycles. The van der Waals surface area contributed by atoms with Gasteiger partial charge in [-0.1, -0.05) is 12.8 Å². The van der Waals surface area contributed by atoms with Gasteiger partial charge in [0.1, 0.15) is 11.5 Å². The van der Waals surface area contributed by atoms with Crippen molar-refractivity contribution in [3.8, 4) is 0 Å². The first kappa shape index (κ1) is 17.7. The predicted octanol–water partition coefficient (Wildman–Crippen LogP) is 2.22. The third-order valence-corrected chi connectivity index (χ3v) is 5.52. The topological polar surface area (TPSA) is 124 Å². The monoisotopic (exact) mass is 404 g/mol. The summed E-state index contributed by atoms with van der Waals surface area (Å²) in [4.78, 5) is 8.19. The fraction of sp³-hybridized carbons (Fsp3) is 0.429. The van der Waals surface area contributed by atoms with E-state index in [1.165, 1.54) is 12.3 Å². The van der Waals surface area contributed by atoms with E-state index in [2.05, 4.69) is 25.0 Å². The molecule has 4 rings (SSSR count). The van der Waals surface area contributed by atoms with Crippen molar-refractivity contribution in [2.24, 2.45) is 0 Å². The number of fused-ring (bicyclic) bond motifs is 3. The molecule has 0 bridgehead atoms. The lowest BCUT2D eigenvalue weighted by Crippen LogP contribution is -2.33. The Labute approximate surface area is 151 Å². The molecule has 3 heterocycles. The molecular weight excluding hydrogens is 389 g/mol. The maximum absolute atomic E-state index is 12.6. The lowest BCUT2D eigenvalue weighted by molar-refractivity contribution is -0.0524. The largest absolute Gasteiger partial charge is 0.534 e. The van der Waals surface area contributed by atoms with Gasteiger partial charge >= 0.3 is 15.6 Å². The van der Waals surface area contributed by atoms with Crippen LogP contribution >= 0.6 is 0 Å². The summed E-state index contributed by atoms with van der Waals surface area (Å²) >= 11 is 0. The highest BCUT2D eigenvalue weighted by Crippen LogP contribution is 2.41. The Morgan fingerprint density at radius 2 is 1.96 bits per heavy atom. The van der Waals surface area contributed by atoms with Crippen LogP contribution in [-0.2, 0) is 14.3 Å². The molecular formula is C14H15F3N6O3S. The van der Waals surface area contributed by atoms with E-state index in [0.717, 1.165) is 25.7 Å². The number of nitrogens with zero attached hydrogens (tertiary/aromatic N) is 3. The van der Waals surface area contributed by atoms with Gasteiger partial charge < -0.3 is 14.5 Å². The number of rotatable bonds is 3. The van der Waals surface area contributed by atoms with Crippen molar-refractivity contribution in [2.45, 2.75) is 37.2 Å². The maximum atomic E-state index is 12.6. The minimum atomic E-state index is -5.80. The van der Waals surface area contributed by atoms with Gasteiger partial charge in [-0.2, -0.15) is 26.6 Å². The zero-order valence-electron chi connectivity index (χ0n) is 13.7. The minimum Gasteiger partial charge on any atom is -0.368 e. The first-order valence-electron chi connectivity index (χ1n) is 8.08. The number of aromatic nitrogens is 3. The fourth-order valence-electron chi connectivity index (χ4n) is 3.41. The predicted molar refractivity (Wildman–Crippen MR) is 90.2 cm³/mol. The van der Waals surface area contributed by atoms with Crippen LogP contribution in [0.1, 0.15) is 37.3 Å². The van der Waals surface area contributed by atoms with Gasteiger partial charge in [0.15, 0.2) is 0 Å². The van der Waals surface area contributed by atoms with Crippen LogP contribution in [0.5, 0.6) is 0 Å². The third-order valence-electron chi connectivity index (χ3n) is 4.55. The van der Waals surface area contributed by atoms with E-state index in [-0.39, 0.29) is 12.0 Å². The van der Waals surface area contributed by atoms with E-state index < -0.39 is 21.5 Å². The molecule has 1 fully saturated rings. The first-order valence-corrected chi connectivity index (χ1v) is 9.49. The average Bonchev–Trinajstić information content (AvgIpc) is 3.18. The van der Waals surface area contributed by atoms with Crippen LogP contribution in [0.3, 0.4) is 0 Å². The Morgan fingerprint density at radius 1 is 1.26 bits per heavy atom. The van der Waals surface area contributed by atoms with Gasteiger partial charge in [0, 0.05) is 29.3 Å². The van der Waals surface area contributed by atoms with Crippen molar-refractivity contribution >= 4 is 39.0 Å². The lowest BCUT2D eigenvalue weighted by Gasteiger charge is -2.23. The summed E-state index contributed by atoms with van der Waals surface area (Å²) in [5, 5.41) is 0.519. The van der Waals surface area contributed by atoms with E-state index in [4.69, 9.17) is 5.73 Å². The number of nitrogens with two attached hydrogens (primary N) is 1. The zero-order chi connectivity index (χ0) is 19.4. The second-order valence-corrected chi connectivity index (χ2v) is 7.82. The maximum Gasteiger partial charge on any atom is 0.534 e. The molecule has 4 N–H and O–H groups in total. The van der Waals surface area contributed by atoms with Gasteiger partial charge in [0.25, 0.3) is 0 Å². The highest BCUT2D eigenvalue weighted by molar-refractivity contribution is 7.87. The number of anilines is 2. The number of halogens is 3. The quantitative estimate of drug-likeness (QED) is 0.526. The summed E-state index contributed by atoms with van der Waals surface area (Å²) in [5.74, 6) is -0.0136. The molecule has 2 aliphatic rings. The van der Waals surface area contributed by atoms with E-state index in [0.29, 0.717) is 22.4 Å². The Kier molecular flexibility index (Phi) is 3.87. The number of nitrogens with one attached hydrogen (secondary N) is 2. The van der Waals surface area contributed by atoms with Crippen molar-refractivity contribution in [1.82, 2.24) is 20.0 Å². The second kappa shape index (κ2) is 5.90. The SMILES string of the molecule is Nc1ncc2c3c(n(C4CCCC4)c2n1)NNC(OS(=O)(=O)C(F)(F)F)=C3. The van der Waals surface area contributed by atoms with Crippen molar-refractivity contribution in [1.29, 1.82) is 0 Å². The van der Waals surface area contributed by atoms with E-state index in [9.17, 15) is 21.6 Å². The van der Waals surface area contributed by atoms with Crippen molar-refractivity contribution in [2.75, 3.05) is 11.2 Å². The summed E-state index contributed by atoms with van der Waals surface area (Å²) in [6, 6.07) is 0.134. The van der Waals surface area contributed by atoms with Crippen molar-refractivity contribution in [3.63, 3.8) is 0 Å². The molecule has 146 valence electrons. The molecule has 1 aliphatic heterocycles. The Hall–Kier alpha value is -2.70. The average molecular weight is 404 g/mol. The van der Waals surface area contributed by atoms with Crippen LogP contribution in [0.4, 0.5) is 24.9 Å². The first-order chi connectivity index (χ1) is 12.7. The normalized spacial score (nSPS) is 18.0. The van der Waals surface area contributed by atoms with Gasteiger partial charge in [0.2, 0.25) is 11.8 Å². The molecule has 2 aromatic rings. The van der Waals surface area contributed by atoms with E-state index in [1.807, 2.05) is 4.57 Å². The molecule has 0 unspecified atom stereocenters. The molecule has 1 aliphatic carbocycles. The van der Waals surface area contributed by atoms with Crippen LogP contribution in [-0.4, -0.2) is 28.5 Å². The molecule has 9 nitrogen and oxygen atoms in total. The molecule has 0 spiro atoms. The minimum absolute atomic E-state index is 0.0599. The van der Waals surface area contributed by atoms with Gasteiger partial charge in [-0.3, -0.25) is 10.9 Å². The van der Waals surface area contributed by atoms with Gasteiger partial charge in [-0.05, 0) is 12.8 Å². The highest BCUT2D eigenvalue weighted by Gasteiger charge is 2.49. The van der Waals surface area contributed by atoms with Crippen LogP contribution in [0.2, 0.25) is 0 Å². The smallest absolute Gasteiger partial charge is 0.368 e. The summed E-state index contributed by atoms with van der Waals surface area (Å²) in [6.45, 7) is 0. The molecule has 0 atom stereocenters. The highest BCUT2D eigenvalue weighted by atomic mass is 32.2. The molecule has 0 aromatic carbocycles. The summed E-state index contributed by atoms with van der Waals surface area (Å²) in [7, 11) is -5.80. The summed E-state index contributed by atoms with van der Waals surface area (Å²) in [6.07, 6.45) is 6.53. The summed E-state index contributed by atoms with van der Waals surface area (Å²) in [5.41, 5.74) is 6.17. The number of hydrazine groups is 1. The van der Waals surface area contributed by atoms with Gasteiger partial charge in [-0.15, -0.1) is 0 Å². The molecule has 27 heavy (non-hydrogen) atoms. The molecule has 13 heteroatoms. The number of alkyl halides is 3. The molecule has 0 amide bonds. The Balaban J connectivity index is 1.83. The number of nitrogen functional groups attached to an aromatic ring is 1.